The molecule has 1 aromatic heterocycles. The van der Waals surface area contributed by atoms with Crippen molar-refractivity contribution in [2.24, 2.45) is 0 Å². The molecule has 1 fully saturated rings. The predicted octanol–water partition coefficient (Wildman–Crippen LogP) is 4.33. The van der Waals surface area contributed by atoms with Crippen LogP contribution >= 0.6 is 11.6 Å². The first-order valence-corrected chi connectivity index (χ1v) is 7.53. The van der Waals surface area contributed by atoms with Gasteiger partial charge in [0.1, 0.15) is 0 Å². The standard InChI is InChI=1S/C17H19ClN2/c1-12(17-8-4-5-9-19-17)20-14-10-13(11-14)15-6-2-3-7-16(15)18/h2-9,12-14,20H,10-11H2,1H3/t12-,13?,14?/m1/s1. The molecule has 0 amide bonds. The second kappa shape index (κ2) is 5.94. The van der Waals surface area contributed by atoms with Crippen molar-refractivity contribution in [3.8, 4) is 0 Å². The van der Waals surface area contributed by atoms with E-state index in [2.05, 4.69) is 35.4 Å². The molecule has 1 atom stereocenters. The molecule has 2 nitrogen and oxygen atoms in total. The summed E-state index contributed by atoms with van der Waals surface area (Å²) in [6.07, 6.45) is 4.16. The van der Waals surface area contributed by atoms with Crippen molar-refractivity contribution in [2.75, 3.05) is 0 Å². The summed E-state index contributed by atoms with van der Waals surface area (Å²) >= 11 is 6.25. The molecule has 104 valence electrons. The molecule has 3 rings (SSSR count). The number of rotatable bonds is 4. The average Bonchev–Trinajstić information content (AvgIpc) is 2.44. The number of pyridine rings is 1. The van der Waals surface area contributed by atoms with E-state index in [9.17, 15) is 0 Å². The summed E-state index contributed by atoms with van der Waals surface area (Å²) in [6, 6.07) is 15.1. The summed E-state index contributed by atoms with van der Waals surface area (Å²) in [5, 5.41) is 4.54. The third-order valence-corrected chi connectivity index (χ3v) is 4.44. The highest BCUT2D eigenvalue weighted by Gasteiger charge is 2.32. The highest BCUT2D eigenvalue weighted by atomic mass is 35.5. The Labute approximate surface area is 125 Å². The SMILES string of the molecule is C[C@@H](NC1CC(c2ccccc2Cl)C1)c1ccccn1. The molecule has 1 N–H and O–H groups in total. The second-order valence-corrected chi connectivity index (χ2v) is 5.94. The lowest BCUT2D eigenvalue weighted by Gasteiger charge is -2.38. The van der Waals surface area contributed by atoms with Crippen LogP contribution in [0.1, 0.15) is 43.0 Å². The van der Waals surface area contributed by atoms with Crippen LogP contribution in [0.4, 0.5) is 0 Å². The van der Waals surface area contributed by atoms with E-state index >= 15 is 0 Å². The maximum Gasteiger partial charge on any atom is 0.0570 e. The van der Waals surface area contributed by atoms with Crippen molar-refractivity contribution in [2.45, 2.75) is 37.8 Å². The van der Waals surface area contributed by atoms with Crippen LogP contribution in [0.25, 0.3) is 0 Å². The molecular formula is C17H19ClN2. The van der Waals surface area contributed by atoms with Gasteiger partial charge in [-0.25, -0.2) is 0 Å². The Balaban J connectivity index is 1.55. The van der Waals surface area contributed by atoms with Crippen molar-refractivity contribution in [3.05, 3.63) is 64.9 Å². The van der Waals surface area contributed by atoms with Crippen LogP contribution in [0.2, 0.25) is 5.02 Å². The molecule has 0 bridgehead atoms. The van der Waals surface area contributed by atoms with Crippen molar-refractivity contribution < 1.29 is 0 Å². The molecule has 1 aromatic carbocycles. The number of hydrogen-bond donors (Lipinski definition) is 1. The van der Waals surface area contributed by atoms with Crippen molar-refractivity contribution in [1.82, 2.24) is 10.3 Å². The monoisotopic (exact) mass is 286 g/mol. The topological polar surface area (TPSA) is 24.9 Å². The van der Waals surface area contributed by atoms with Gasteiger partial charge in [0.25, 0.3) is 0 Å². The zero-order chi connectivity index (χ0) is 13.9. The fraction of sp³-hybridized carbons (Fsp3) is 0.353. The summed E-state index contributed by atoms with van der Waals surface area (Å²) < 4.78 is 0. The van der Waals surface area contributed by atoms with Gasteiger partial charge in [-0.05, 0) is 49.4 Å². The fourth-order valence-electron chi connectivity index (χ4n) is 2.89. The van der Waals surface area contributed by atoms with Gasteiger partial charge in [-0.15, -0.1) is 0 Å². The van der Waals surface area contributed by atoms with Crippen LogP contribution in [0, 0.1) is 0 Å². The van der Waals surface area contributed by atoms with Gasteiger partial charge in [0, 0.05) is 23.3 Å². The van der Waals surface area contributed by atoms with Crippen LogP contribution in [-0.4, -0.2) is 11.0 Å². The first-order valence-electron chi connectivity index (χ1n) is 7.15. The highest BCUT2D eigenvalue weighted by Crippen LogP contribution is 2.40. The molecule has 1 heterocycles. The van der Waals surface area contributed by atoms with E-state index in [-0.39, 0.29) is 0 Å². The van der Waals surface area contributed by atoms with Gasteiger partial charge in [0.05, 0.1) is 5.69 Å². The Morgan fingerprint density at radius 2 is 1.90 bits per heavy atom. The summed E-state index contributed by atoms with van der Waals surface area (Å²) in [6.45, 7) is 2.17. The van der Waals surface area contributed by atoms with E-state index in [4.69, 9.17) is 11.6 Å². The number of nitrogens with zero attached hydrogens (tertiary/aromatic N) is 1. The quantitative estimate of drug-likeness (QED) is 0.905. The third-order valence-electron chi connectivity index (χ3n) is 4.10. The van der Waals surface area contributed by atoms with Crippen LogP contribution in [0.5, 0.6) is 0 Å². The van der Waals surface area contributed by atoms with E-state index in [0.29, 0.717) is 18.0 Å². The summed E-state index contributed by atoms with van der Waals surface area (Å²) in [5.74, 6) is 0.595. The highest BCUT2D eigenvalue weighted by molar-refractivity contribution is 6.31. The number of nitrogens with one attached hydrogen (secondary N) is 1. The molecule has 3 heteroatoms. The number of benzene rings is 1. The van der Waals surface area contributed by atoms with Crippen molar-refractivity contribution in [1.29, 1.82) is 0 Å². The van der Waals surface area contributed by atoms with Gasteiger partial charge >= 0.3 is 0 Å². The molecule has 0 saturated heterocycles. The van der Waals surface area contributed by atoms with E-state index in [1.54, 1.807) is 0 Å². The van der Waals surface area contributed by atoms with Gasteiger partial charge in [-0.3, -0.25) is 4.98 Å². The minimum atomic E-state index is 0.299. The van der Waals surface area contributed by atoms with Crippen LogP contribution in [0.3, 0.4) is 0 Å². The van der Waals surface area contributed by atoms with Gasteiger partial charge in [0.2, 0.25) is 0 Å². The molecule has 2 aromatic rings. The zero-order valence-corrected chi connectivity index (χ0v) is 12.3. The third kappa shape index (κ3) is 2.87. The lowest BCUT2D eigenvalue weighted by atomic mass is 9.75. The van der Waals surface area contributed by atoms with Crippen LogP contribution < -0.4 is 5.32 Å². The minimum Gasteiger partial charge on any atom is -0.306 e. The van der Waals surface area contributed by atoms with E-state index in [1.807, 2.05) is 30.5 Å². The van der Waals surface area contributed by atoms with E-state index in [1.165, 1.54) is 5.56 Å². The molecule has 0 spiro atoms. The van der Waals surface area contributed by atoms with Gasteiger partial charge in [0.15, 0.2) is 0 Å². The maximum absolute atomic E-state index is 6.25. The predicted molar refractivity (Wildman–Crippen MR) is 83.0 cm³/mol. The van der Waals surface area contributed by atoms with Gasteiger partial charge < -0.3 is 5.32 Å². The molecular weight excluding hydrogens is 268 g/mol. The smallest absolute Gasteiger partial charge is 0.0570 e. The number of hydrogen-bond acceptors (Lipinski definition) is 2. The molecule has 1 saturated carbocycles. The van der Waals surface area contributed by atoms with Crippen molar-refractivity contribution >= 4 is 11.6 Å². The molecule has 0 radical (unpaired) electrons. The zero-order valence-electron chi connectivity index (χ0n) is 11.6. The van der Waals surface area contributed by atoms with Crippen molar-refractivity contribution in [3.63, 3.8) is 0 Å². The Morgan fingerprint density at radius 1 is 1.15 bits per heavy atom. The first-order chi connectivity index (χ1) is 9.74. The van der Waals surface area contributed by atoms with E-state index in [0.717, 1.165) is 23.6 Å². The van der Waals surface area contributed by atoms with Gasteiger partial charge in [-0.1, -0.05) is 35.9 Å². The molecule has 0 unspecified atom stereocenters. The first kappa shape index (κ1) is 13.6. The summed E-state index contributed by atoms with van der Waals surface area (Å²) in [4.78, 5) is 4.40. The Kier molecular flexibility index (Phi) is 4.04. The minimum absolute atomic E-state index is 0.299. The van der Waals surface area contributed by atoms with Crippen LogP contribution in [0.15, 0.2) is 48.7 Å². The molecule has 1 aliphatic carbocycles. The molecule has 20 heavy (non-hydrogen) atoms. The lowest BCUT2D eigenvalue weighted by molar-refractivity contribution is 0.269. The Bertz CT molecular complexity index is 564. The fourth-order valence-corrected chi connectivity index (χ4v) is 3.18. The number of aromatic nitrogens is 1. The molecule has 0 aliphatic heterocycles. The van der Waals surface area contributed by atoms with Gasteiger partial charge in [-0.2, -0.15) is 0 Å². The second-order valence-electron chi connectivity index (χ2n) is 5.53. The average molecular weight is 287 g/mol. The molecule has 1 aliphatic rings. The normalized spacial score (nSPS) is 23.1. The van der Waals surface area contributed by atoms with E-state index < -0.39 is 0 Å². The largest absolute Gasteiger partial charge is 0.306 e. The maximum atomic E-state index is 6.25. The lowest BCUT2D eigenvalue weighted by Crippen LogP contribution is -2.41. The number of halogens is 1. The Morgan fingerprint density at radius 3 is 2.60 bits per heavy atom. The van der Waals surface area contributed by atoms with Crippen LogP contribution in [-0.2, 0) is 0 Å². The summed E-state index contributed by atoms with van der Waals surface area (Å²) in [5.41, 5.74) is 2.39. The summed E-state index contributed by atoms with van der Waals surface area (Å²) in [7, 11) is 0. The Hall–Kier alpha value is -1.38.